The summed E-state index contributed by atoms with van der Waals surface area (Å²) in [5.74, 6) is 0. The molecule has 63 heavy (non-hydrogen) atoms. The van der Waals surface area contributed by atoms with Gasteiger partial charge in [-0.15, -0.1) is 0 Å². The van der Waals surface area contributed by atoms with Crippen LogP contribution in [0, 0.1) is 0 Å². The van der Waals surface area contributed by atoms with Crippen molar-refractivity contribution in [2.45, 2.75) is 5.41 Å². The van der Waals surface area contributed by atoms with E-state index in [1.54, 1.807) is 0 Å². The molecule has 2 heteroatoms. The molecule has 2 aliphatic carbocycles. The van der Waals surface area contributed by atoms with Gasteiger partial charge < -0.3 is 9.32 Å². The summed E-state index contributed by atoms with van der Waals surface area (Å²) in [4.78, 5) is 2.47. The monoisotopic (exact) mass is 799 g/mol. The van der Waals surface area contributed by atoms with Crippen LogP contribution in [0.5, 0.6) is 0 Å². The number of benzene rings is 11. The van der Waals surface area contributed by atoms with Crippen LogP contribution in [-0.2, 0) is 5.41 Å². The molecule has 1 spiro atoms. The zero-order chi connectivity index (χ0) is 41.2. The third-order valence-corrected chi connectivity index (χ3v) is 14.1. The van der Waals surface area contributed by atoms with Gasteiger partial charge in [0, 0.05) is 33.1 Å². The number of rotatable bonds is 4. The van der Waals surface area contributed by atoms with Crippen LogP contribution < -0.4 is 4.90 Å². The Morgan fingerprint density at radius 1 is 0.286 bits per heavy atom. The van der Waals surface area contributed by atoms with Crippen LogP contribution in [0.3, 0.4) is 0 Å². The van der Waals surface area contributed by atoms with Gasteiger partial charge in [-0.05, 0) is 126 Å². The van der Waals surface area contributed by atoms with Crippen molar-refractivity contribution in [3.63, 3.8) is 0 Å². The Labute approximate surface area is 364 Å². The lowest BCUT2D eigenvalue weighted by Gasteiger charge is -2.32. The van der Waals surface area contributed by atoms with Crippen molar-refractivity contribution >= 4 is 71.3 Å². The van der Waals surface area contributed by atoms with Gasteiger partial charge >= 0.3 is 0 Å². The molecule has 0 saturated heterocycles. The second-order valence-corrected chi connectivity index (χ2v) is 17.0. The van der Waals surface area contributed by atoms with E-state index in [0.717, 1.165) is 33.6 Å². The molecule has 1 heterocycles. The first-order chi connectivity index (χ1) is 31.3. The molecule has 0 unspecified atom stereocenters. The maximum atomic E-state index is 6.45. The molecule has 12 aromatic rings. The summed E-state index contributed by atoms with van der Waals surface area (Å²) in [6.07, 6.45) is 0. The molecular weight excluding hydrogens is 763 g/mol. The summed E-state index contributed by atoms with van der Waals surface area (Å²) in [6.45, 7) is 0. The summed E-state index contributed by atoms with van der Waals surface area (Å²) in [6, 6.07) is 82.8. The van der Waals surface area contributed by atoms with E-state index in [4.69, 9.17) is 4.42 Å². The molecule has 11 aromatic carbocycles. The number of fused-ring (bicyclic) bond motifs is 20. The molecule has 0 bridgehead atoms. The standard InChI is InChI=1S/C61H37NO/c1-2-17-38(18-3-1)62(39-33-34-43-42-21-8-13-30-53(42)61(54(43)37-39)51-28-11-6-19-40(51)41-20-7-12-29-52(41)61)55-31-14-9-22-44(55)45-26-16-27-47-49-35-36-57-60(50-25-10-15-32-56(50)63-57)59(49)48-24-5-4-23-46(48)58(45)47/h1-37H. The lowest BCUT2D eigenvalue weighted by Crippen LogP contribution is -2.26. The number of hydrogen-bond donors (Lipinski definition) is 0. The Morgan fingerprint density at radius 3 is 1.49 bits per heavy atom. The molecule has 0 radical (unpaired) electrons. The highest BCUT2D eigenvalue weighted by Gasteiger charge is 2.51. The van der Waals surface area contributed by atoms with Crippen molar-refractivity contribution in [1.29, 1.82) is 0 Å². The van der Waals surface area contributed by atoms with E-state index in [1.165, 1.54) is 93.3 Å². The summed E-state index contributed by atoms with van der Waals surface area (Å²) in [7, 11) is 0. The number of para-hydroxylation sites is 3. The van der Waals surface area contributed by atoms with Crippen molar-refractivity contribution < 1.29 is 4.42 Å². The quantitative estimate of drug-likeness (QED) is 0.165. The number of anilines is 3. The Morgan fingerprint density at radius 2 is 0.794 bits per heavy atom. The predicted molar refractivity (Wildman–Crippen MR) is 263 cm³/mol. The lowest BCUT2D eigenvalue weighted by atomic mass is 9.70. The van der Waals surface area contributed by atoms with E-state index in [1.807, 2.05) is 0 Å². The lowest BCUT2D eigenvalue weighted by molar-refractivity contribution is 0.669. The Balaban J connectivity index is 1.04. The number of nitrogens with zero attached hydrogens (tertiary/aromatic N) is 1. The van der Waals surface area contributed by atoms with Crippen molar-refractivity contribution in [3.8, 4) is 33.4 Å². The smallest absolute Gasteiger partial charge is 0.136 e. The molecule has 0 aliphatic heterocycles. The fourth-order valence-electron chi connectivity index (χ4n) is 11.7. The van der Waals surface area contributed by atoms with Gasteiger partial charge in [0.2, 0.25) is 0 Å². The predicted octanol–water partition coefficient (Wildman–Crippen LogP) is 16.5. The van der Waals surface area contributed by atoms with Crippen LogP contribution in [0.25, 0.3) is 87.6 Å². The van der Waals surface area contributed by atoms with E-state index in [0.29, 0.717) is 0 Å². The van der Waals surface area contributed by atoms with E-state index >= 15 is 0 Å². The first-order valence-electron chi connectivity index (χ1n) is 21.8. The van der Waals surface area contributed by atoms with E-state index in [-0.39, 0.29) is 0 Å². The topological polar surface area (TPSA) is 16.4 Å². The highest BCUT2D eigenvalue weighted by atomic mass is 16.3. The molecule has 1 aromatic heterocycles. The first-order valence-corrected chi connectivity index (χ1v) is 21.8. The minimum Gasteiger partial charge on any atom is -0.456 e. The zero-order valence-electron chi connectivity index (χ0n) is 34.2. The van der Waals surface area contributed by atoms with Crippen LogP contribution in [0.4, 0.5) is 17.1 Å². The summed E-state index contributed by atoms with van der Waals surface area (Å²) >= 11 is 0. The third kappa shape index (κ3) is 4.57. The van der Waals surface area contributed by atoms with Crippen molar-refractivity contribution in [3.05, 3.63) is 247 Å². The van der Waals surface area contributed by atoms with Gasteiger partial charge in [0.1, 0.15) is 11.2 Å². The number of furan rings is 1. The van der Waals surface area contributed by atoms with E-state index in [2.05, 4.69) is 229 Å². The zero-order valence-corrected chi connectivity index (χ0v) is 34.2. The van der Waals surface area contributed by atoms with Crippen LogP contribution in [0.15, 0.2) is 229 Å². The minimum absolute atomic E-state index is 0.446. The van der Waals surface area contributed by atoms with Gasteiger partial charge in [0.05, 0.1) is 11.1 Å². The Kier molecular flexibility index (Phi) is 7.07. The normalized spacial score (nSPS) is 13.2. The molecule has 2 nitrogen and oxygen atoms in total. The largest absolute Gasteiger partial charge is 0.456 e. The van der Waals surface area contributed by atoms with Gasteiger partial charge in [0.25, 0.3) is 0 Å². The van der Waals surface area contributed by atoms with Gasteiger partial charge in [-0.3, -0.25) is 0 Å². The average Bonchev–Trinajstić information content (AvgIpc) is 3.98. The van der Waals surface area contributed by atoms with Gasteiger partial charge in [-0.25, -0.2) is 0 Å². The van der Waals surface area contributed by atoms with Crippen molar-refractivity contribution in [1.82, 2.24) is 0 Å². The van der Waals surface area contributed by atoms with Gasteiger partial charge in [-0.1, -0.05) is 176 Å². The molecule has 0 atom stereocenters. The third-order valence-electron chi connectivity index (χ3n) is 14.1. The fraction of sp³-hybridized carbons (Fsp3) is 0.0164. The summed E-state index contributed by atoms with van der Waals surface area (Å²) in [5.41, 5.74) is 17.6. The molecular formula is C61H37NO. The van der Waals surface area contributed by atoms with E-state index < -0.39 is 5.41 Å². The number of hydrogen-bond acceptors (Lipinski definition) is 2. The second kappa shape index (κ2) is 12.9. The molecule has 0 amide bonds. The Bertz CT molecular complexity index is 3780. The molecule has 14 rings (SSSR count). The highest BCUT2D eigenvalue weighted by molar-refractivity contribution is 6.36. The second-order valence-electron chi connectivity index (χ2n) is 17.0. The molecule has 0 fully saturated rings. The van der Waals surface area contributed by atoms with E-state index in [9.17, 15) is 0 Å². The highest BCUT2D eigenvalue weighted by Crippen LogP contribution is 2.63. The molecule has 2 aliphatic rings. The fourth-order valence-corrected chi connectivity index (χ4v) is 11.7. The van der Waals surface area contributed by atoms with Crippen LogP contribution in [-0.4, -0.2) is 0 Å². The van der Waals surface area contributed by atoms with Gasteiger partial charge in [-0.2, -0.15) is 0 Å². The maximum absolute atomic E-state index is 6.45. The van der Waals surface area contributed by atoms with Crippen LogP contribution in [0.2, 0.25) is 0 Å². The average molecular weight is 800 g/mol. The van der Waals surface area contributed by atoms with Crippen molar-refractivity contribution in [2.24, 2.45) is 0 Å². The van der Waals surface area contributed by atoms with Crippen LogP contribution in [0.1, 0.15) is 22.3 Å². The summed E-state index contributed by atoms with van der Waals surface area (Å²) < 4.78 is 6.45. The minimum atomic E-state index is -0.446. The molecule has 292 valence electrons. The Hall–Kier alpha value is -8.20. The molecule has 0 saturated carbocycles. The first kappa shape index (κ1) is 34.5. The van der Waals surface area contributed by atoms with Gasteiger partial charge in [0.15, 0.2) is 0 Å². The van der Waals surface area contributed by atoms with Crippen LogP contribution >= 0.6 is 0 Å². The maximum Gasteiger partial charge on any atom is 0.136 e. The molecule has 0 N–H and O–H groups in total. The summed E-state index contributed by atoms with van der Waals surface area (Å²) in [5, 5.41) is 9.70. The SMILES string of the molecule is c1ccc(N(c2ccc3c(c2)C2(c4ccccc4-c4ccccc42)c2ccccc2-3)c2ccccc2-c2cccc3c4ccc5oc6ccccc6c5c4c4ccccc4c23)cc1. The van der Waals surface area contributed by atoms with Crippen molar-refractivity contribution in [2.75, 3.05) is 4.90 Å².